The van der Waals surface area contributed by atoms with Crippen molar-refractivity contribution in [3.63, 3.8) is 0 Å². The number of halogens is 3. The number of benzene rings is 2. The Kier molecular flexibility index (Phi) is 6.80. The molecule has 0 aliphatic rings. The molecule has 0 bridgehead atoms. The van der Waals surface area contributed by atoms with Gasteiger partial charge in [-0.25, -0.2) is 0 Å². The van der Waals surface area contributed by atoms with Crippen molar-refractivity contribution in [1.82, 2.24) is 0 Å². The molecule has 132 valence electrons. The van der Waals surface area contributed by atoms with Crippen molar-refractivity contribution in [1.29, 1.82) is 0 Å². The van der Waals surface area contributed by atoms with E-state index in [-0.39, 0.29) is 5.82 Å². The van der Waals surface area contributed by atoms with Gasteiger partial charge in [-0.3, -0.25) is 0 Å². The summed E-state index contributed by atoms with van der Waals surface area (Å²) in [7, 11) is 15.6. The van der Waals surface area contributed by atoms with E-state index in [4.69, 9.17) is 24.1 Å². The summed E-state index contributed by atoms with van der Waals surface area (Å²) >= 11 is -2.02. The van der Waals surface area contributed by atoms with Gasteiger partial charge in [0, 0.05) is 0 Å². The molecule has 0 fully saturated rings. The van der Waals surface area contributed by atoms with Gasteiger partial charge in [0.25, 0.3) is 0 Å². The number of ether oxygens (including phenoxy) is 1. The zero-order valence-electron chi connectivity index (χ0n) is 14.0. The van der Waals surface area contributed by atoms with Crippen LogP contribution >= 0.6 is 19.4 Å². The standard InChI is InChI=1S/C18H20FNO.2ClH.Ru/c1-12-8-16(19)7-6-15(12)11-20(4)17-9-14(3)18(21-5)10-13(17)2;;;/h1,6-10H,11H2,2-5H3;2*1H;/q;;;+2/p-2. The first kappa shape index (κ1) is 19.4. The number of aryl methyl sites for hydroxylation is 2. The maximum atomic E-state index is 13.5. The average molecular weight is 457 g/mol. The Morgan fingerprint density at radius 2 is 1.88 bits per heavy atom. The number of rotatable bonds is 5. The molecule has 0 spiro atoms. The van der Waals surface area contributed by atoms with Gasteiger partial charge in [-0.1, -0.05) is 0 Å². The van der Waals surface area contributed by atoms with Gasteiger partial charge in [-0.05, 0) is 0 Å². The minimum atomic E-state index is -2.02. The molecule has 0 aromatic heterocycles. The van der Waals surface area contributed by atoms with Crippen molar-refractivity contribution in [3.8, 4) is 5.75 Å². The quantitative estimate of drug-likeness (QED) is 0.575. The van der Waals surface area contributed by atoms with Crippen LogP contribution in [0.5, 0.6) is 5.75 Å². The molecule has 0 amide bonds. The van der Waals surface area contributed by atoms with Gasteiger partial charge in [0.1, 0.15) is 0 Å². The first-order valence-corrected chi connectivity index (χ1v) is 12.8. The Bertz CT molecular complexity index is 776. The van der Waals surface area contributed by atoms with Crippen molar-refractivity contribution in [2.45, 2.75) is 20.4 Å². The van der Waals surface area contributed by atoms with Crippen LogP contribution < -0.4 is 9.64 Å². The van der Waals surface area contributed by atoms with Crippen molar-refractivity contribution in [3.05, 3.63) is 58.4 Å². The van der Waals surface area contributed by atoms with Gasteiger partial charge in [0.2, 0.25) is 0 Å². The van der Waals surface area contributed by atoms with Crippen LogP contribution in [0.2, 0.25) is 0 Å². The molecule has 0 saturated heterocycles. The van der Waals surface area contributed by atoms with Gasteiger partial charge in [0.05, 0.1) is 0 Å². The van der Waals surface area contributed by atoms with Crippen LogP contribution in [0, 0.1) is 19.7 Å². The summed E-state index contributed by atoms with van der Waals surface area (Å²) in [4.78, 5) is 2.13. The Morgan fingerprint density at radius 1 is 1.17 bits per heavy atom. The molecular formula is C18H20Cl2FNORu. The number of nitrogens with zero attached hydrogens (tertiary/aromatic N) is 1. The molecule has 2 nitrogen and oxygen atoms in total. The summed E-state index contributed by atoms with van der Waals surface area (Å²) in [5.41, 5.74) is 5.06. The van der Waals surface area contributed by atoms with Gasteiger partial charge in [0.15, 0.2) is 0 Å². The number of hydrogen-bond acceptors (Lipinski definition) is 2. The molecule has 0 N–H and O–H groups in total. The molecule has 0 saturated carbocycles. The predicted molar refractivity (Wildman–Crippen MR) is 97.8 cm³/mol. The van der Waals surface area contributed by atoms with E-state index in [9.17, 15) is 4.39 Å². The third kappa shape index (κ3) is 4.78. The topological polar surface area (TPSA) is 12.5 Å². The van der Waals surface area contributed by atoms with Gasteiger partial charge >= 0.3 is 156 Å². The molecular weight excluding hydrogens is 437 g/mol. The zero-order valence-corrected chi connectivity index (χ0v) is 17.3. The summed E-state index contributed by atoms with van der Waals surface area (Å²) in [6.07, 6.45) is 0. The van der Waals surface area contributed by atoms with E-state index in [1.807, 2.05) is 27.0 Å². The molecule has 0 radical (unpaired) electrons. The Balaban J connectivity index is 2.35. The Morgan fingerprint density at radius 3 is 2.50 bits per heavy atom. The fourth-order valence-corrected chi connectivity index (χ4v) is 4.49. The molecule has 0 atom stereocenters. The molecule has 2 aromatic carbocycles. The summed E-state index contributed by atoms with van der Waals surface area (Å²) in [5, 5.41) is 0. The van der Waals surface area contributed by atoms with Crippen LogP contribution in [0.1, 0.15) is 22.3 Å². The average Bonchev–Trinajstić information content (AvgIpc) is 2.51. The molecule has 0 aliphatic carbocycles. The zero-order chi connectivity index (χ0) is 17.9. The Labute approximate surface area is 155 Å². The molecule has 2 aromatic rings. The van der Waals surface area contributed by atoms with Crippen molar-refractivity contribution >= 4 is 29.7 Å². The molecule has 6 heteroatoms. The van der Waals surface area contributed by atoms with Crippen molar-refractivity contribution < 1.29 is 22.6 Å². The molecule has 0 unspecified atom stereocenters. The van der Waals surface area contributed by atoms with E-state index in [1.165, 1.54) is 12.1 Å². The minimum absolute atomic E-state index is 0.284. The monoisotopic (exact) mass is 457 g/mol. The fourth-order valence-electron chi connectivity index (χ4n) is 2.63. The van der Waals surface area contributed by atoms with E-state index in [2.05, 4.69) is 11.0 Å². The van der Waals surface area contributed by atoms with E-state index in [0.29, 0.717) is 6.54 Å². The SMILES string of the molecule is COc1cc(C)c(N(C)Cc2ccc(F)cc2[CH]=[Ru]([Cl])[Cl])cc1C. The van der Waals surface area contributed by atoms with Crippen LogP contribution in [0.15, 0.2) is 30.3 Å². The van der Waals surface area contributed by atoms with Crippen LogP contribution in [-0.4, -0.2) is 18.8 Å². The third-order valence-electron chi connectivity index (χ3n) is 3.83. The van der Waals surface area contributed by atoms with Gasteiger partial charge in [-0.15, -0.1) is 0 Å². The Hall–Kier alpha value is -0.957. The maximum absolute atomic E-state index is 13.5. The normalized spacial score (nSPS) is 11.2. The number of methoxy groups -OCH3 is 1. The summed E-state index contributed by atoms with van der Waals surface area (Å²) in [5.74, 6) is 0.589. The van der Waals surface area contributed by atoms with Gasteiger partial charge in [-0.2, -0.15) is 0 Å². The molecule has 0 aliphatic heterocycles. The van der Waals surface area contributed by atoms with Crippen LogP contribution in [0.3, 0.4) is 0 Å². The van der Waals surface area contributed by atoms with Gasteiger partial charge < -0.3 is 0 Å². The van der Waals surface area contributed by atoms with E-state index < -0.39 is 13.5 Å². The first-order chi connectivity index (χ1) is 11.3. The number of anilines is 1. The van der Waals surface area contributed by atoms with E-state index in [0.717, 1.165) is 33.7 Å². The van der Waals surface area contributed by atoms with E-state index >= 15 is 0 Å². The summed E-state index contributed by atoms with van der Waals surface area (Å²) in [6, 6.07) is 8.86. The fraction of sp³-hybridized carbons (Fsp3) is 0.278. The number of hydrogen-bond donors (Lipinski definition) is 0. The van der Waals surface area contributed by atoms with Crippen LogP contribution in [0.25, 0.3) is 0 Å². The van der Waals surface area contributed by atoms with Crippen molar-refractivity contribution in [2.75, 3.05) is 19.1 Å². The first-order valence-electron chi connectivity index (χ1n) is 7.29. The second kappa shape index (κ2) is 8.42. The second-order valence-corrected chi connectivity index (χ2v) is 11.3. The molecule has 2 rings (SSSR count). The van der Waals surface area contributed by atoms with Crippen LogP contribution in [0.4, 0.5) is 10.1 Å². The van der Waals surface area contributed by atoms with Crippen molar-refractivity contribution in [2.24, 2.45) is 0 Å². The summed E-state index contributed by atoms with van der Waals surface area (Å²) in [6.45, 7) is 4.70. The molecule has 24 heavy (non-hydrogen) atoms. The summed E-state index contributed by atoms with van der Waals surface area (Å²) < 4.78 is 20.7. The second-order valence-electron chi connectivity index (χ2n) is 5.61. The van der Waals surface area contributed by atoms with Crippen LogP contribution in [-0.2, 0) is 20.1 Å². The predicted octanol–water partition coefficient (Wildman–Crippen LogP) is 5.16. The third-order valence-corrected chi connectivity index (χ3v) is 5.66. The molecule has 0 heterocycles. The van der Waals surface area contributed by atoms with E-state index in [1.54, 1.807) is 17.8 Å².